The Balaban J connectivity index is 1.83. The second kappa shape index (κ2) is 7.92. The van der Waals surface area contributed by atoms with Gasteiger partial charge >= 0.3 is 0 Å². The van der Waals surface area contributed by atoms with E-state index in [4.69, 9.17) is 27.6 Å². The number of carbonyl (C=O) groups is 1. The predicted octanol–water partition coefficient (Wildman–Crippen LogP) is 5.80. The summed E-state index contributed by atoms with van der Waals surface area (Å²) >= 11 is 12.0. The summed E-state index contributed by atoms with van der Waals surface area (Å²) < 4.78 is 5.69. The molecule has 1 heterocycles. The number of nitriles is 1. The standard InChI is InChI=1S/C20H12Cl2N2O2/c21-15-8-13(9-16(22)11-15)19-7-6-18(26-19)10-14(12-23)20(25)24-17-4-2-1-3-5-17/h1-11H,(H,24,25). The van der Waals surface area contributed by atoms with E-state index in [-0.39, 0.29) is 5.57 Å². The fourth-order valence-corrected chi connectivity index (χ4v) is 2.82. The van der Waals surface area contributed by atoms with Crippen LogP contribution in [0.5, 0.6) is 0 Å². The molecule has 1 N–H and O–H groups in total. The van der Waals surface area contributed by atoms with Crippen LogP contribution in [0, 0.1) is 11.3 Å². The molecule has 6 heteroatoms. The summed E-state index contributed by atoms with van der Waals surface area (Å²) in [6.07, 6.45) is 1.38. The van der Waals surface area contributed by atoms with Crippen molar-refractivity contribution >= 4 is 40.9 Å². The Labute approximate surface area is 160 Å². The van der Waals surface area contributed by atoms with Crippen molar-refractivity contribution in [1.29, 1.82) is 5.26 Å². The third-order valence-corrected chi connectivity index (χ3v) is 3.89. The highest BCUT2D eigenvalue weighted by atomic mass is 35.5. The summed E-state index contributed by atoms with van der Waals surface area (Å²) in [6, 6.07) is 19.2. The van der Waals surface area contributed by atoms with Crippen molar-refractivity contribution < 1.29 is 9.21 Å². The number of amides is 1. The Morgan fingerprint density at radius 1 is 1.04 bits per heavy atom. The zero-order valence-electron chi connectivity index (χ0n) is 13.4. The van der Waals surface area contributed by atoms with Crippen molar-refractivity contribution in [2.24, 2.45) is 0 Å². The lowest BCUT2D eigenvalue weighted by atomic mass is 10.2. The van der Waals surface area contributed by atoms with Crippen LogP contribution in [0.15, 0.2) is 70.7 Å². The molecule has 0 unspecified atom stereocenters. The van der Waals surface area contributed by atoms with E-state index in [1.807, 2.05) is 12.1 Å². The zero-order valence-corrected chi connectivity index (χ0v) is 14.9. The maximum absolute atomic E-state index is 12.2. The molecule has 0 bridgehead atoms. The molecule has 0 aliphatic heterocycles. The molecule has 0 fully saturated rings. The molecule has 0 aliphatic rings. The van der Waals surface area contributed by atoms with E-state index >= 15 is 0 Å². The fourth-order valence-electron chi connectivity index (χ4n) is 2.29. The van der Waals surface area contributed by atoms with E-state index in [1.54, 1.807) is 54.6 Å². The Kier molecular flexibility index (Phi) is 5.43. The van der Waals surface area contributed by atoms with Crippen LogP contribution in [0.25, 0.3) is 17.4 Å². The van der Waals surface area contributed by atoms with Gasteiger partial charge in [-0.25, -0.2) is 0 Å². The maximum Gasteiger partial charge on any atom is 0.266 e. The van der Waals surface area contributed by atoms with Crippen LogP contribution in [0.2, 0.25) is 10.0 Å². The molecule has 0 radical (unpaired) electrons. The van der Waals surface area contributed by atoms with E-state index in [0.29, 0.717) is 32.8 Å². The van der Waals surface area contributed by atoms with Crippen molar-refractivity contribution in [1.82, 2.24) is 0 Å². The van der Waals surface area contributed by atoms with E-state index in [1.165, 1.54) is 6.08 Å². The summed E-state index contributed by atoms with van der Waals surface area (Å²) in [6.45, 7) is 0. The van der Waals surface area contributed by atoms with Crippen molar-refractivity contribution in [3.8, 4) is 17.4 Å². The van der Waals surface area contributed by atoms with E-state index in [9.17, 15) is 10.1 Å². The van der Waals surface area contributed by atoms with Gasteiger partial charge in [-0.15, -0.1) is 0 Å². The number of nitrogens with zero attached hydrogens (tertiary/aromatic N) is 1. The number of nitrogens with one attached hydrogen (secondary N) is 1. The molecule has 1 amide bonds. The van der Waals surface area contributed by atoms with Crippen LogP contribution in [0.4, 0.5) is 5.69 Å². The zero-order chi connectivity index (χ0) is 18.5. The quantitative estimate of drug-likeness (QED) is 0.457. The Bertz CT molecular complexity index is 998. The second-order valence-electron chi connectivity index (χ2n) is 5.35. The summed E-state index contributed by atoms with van der Waals surface area (Å²) in [5.74, 6) is 0.389. The third kappa shape index (κ3) is 4.34. The molecule has 26 heavy (non-hydrogen) atoms. The molecule has 2 aromatic carbocycles. The highest BCUT2D eigenvalue weighted by Gasteiger charge is 2.12. The highest BCUT2D eigenvalue weighted by molar-refractivity contribution is 6.35. The lowest BCUT2D eigenvalue weighted by Crippen LogP contribution is -2.13. The topological polar surface area (TPSA) is 66.0 Å². The van der Waals surface area contributed by atoms with Gasteiger partial charge < -0.3 is 9.73 Å². The number of hydrogen-bond acceptors (Lipinski definition) is 3. The van der Waals surface area contributed by atoms with Crippen LogP contribution >= 0.6 is 23.2 Å². The number of rotatable bonds is 4. The summed E-state index contributed by atoms with van der Waals surface area (Å²) in [4.78, 5) is 12.2. The van der Waals surface area contributed by atoms with Gasteiger partial charge in [0.1, 0.15) is 23.2 Å². The van der Waals surface area contributed by atoms with Gasteiger partial charge in [0.15, 0.2) is 0 Å². The van der Waals surface area contributed by atoms with Gasteiger partial charge in [-0.05, 0) is 42.5 Å². The van der Waals surface area contributed by atoms with E-state index in [2.05, 4.69) is 5.32 Å². The molecule has 4 nitrogen and oxygen atoms in total. The molecule has 0 aliphatic carbocycles. The molecule has 0 atom stereocenters. The Morgan fingerprint density at radius 2 is 1.73 bits per heavy atom. The first-order valence-corrected chi connectivity index (χ1v) is 8.35. The van der Waals surface area contributed by atoms with Gasteiger partial charge in [0.2, 0.25) is 0 Å². The monoisotopic (exact) mass is 382 g/mol. The molecule has 0 saturated heterocycles. The first kappa shape index (κ1) is 17.8. The van der Waals surface area contributed by atoms with Gasteiger partial charge in [0.05, 0.1) is 0 Å². The molecular weight excluding hydrogens is 371 g/mol. The van der Waals surface area contributed by atoms with Gasteiger partial charge in [0.25, 0.3) is 5.91 Å². The highest BCUT2D eigenvalue weighted by Crippen LogP contribution is 2.29. The number of para-hydroxylation sites is 1. The van der Waals surface area contributed by atoms with Crippen molar-refractivity contribution in [3.63, 3.8) is 0 Å². The number of benzene rings is 2. The molecular formula is C20H12Cl2N2O2. The molecule has 128 valence electrons. The van der Waals surface area contributed by atoms with Crippen LogP contribution in [0.1, 0.15) is 5.76 Å². The second-order valence-corrected chi connectivity index (χ2v) is 6.22. The number of halogens is 2. The lowest BCUT2D eigenvalue weighted by molar-refractivity contribution is -0.112. The van der Waals surface area contributed by atoms with Crippen LogP contribution < -0.4 is 5.32 Å². The fraction of sp³-hybridized carbons (Fsp3) is 0. The summed E-state index contributed by atoms with van der Waals surface area (Å²) in [5.41, 5.74) is 1.24. The largest absolute Gasteiger partial charge is 0.457 e. The van der Waals surface area contributed by atoms with E-state index in [0.717, 1.165) is 0 Å². The lowest BCUT2D eigenvalue weighted by Gasteiger charge is -2.03. The van der Waals surface area contributed by atoms with Crippen LogP contribution in [-0.4, -0.2) is 5.91 Å². The average molecular weight is 383 g/mol. The molecule has 0 saturated carbocycles. The van der Waals surface area contributed by atoms with Gasteiger partial charge in [-0.2, -0.15) is 5.26 Å². The number of carbonyl (C=O) groups excluding carboxylic acids is 1. The van der Waals surface area contributed by atoms with Gasteiger partial charge in [0, 0.05) is 27.4 Å². The number of anilines is 1. The van der Waals surface area contributed by atoms with Crippen LogP contribution in [-0.2, 0) is 4.79 Å². The first-order chi connectivity index (χ1) is 12.5. The van der Waals surface area contributed by atoms with Crippen molar-refractivity contribution in [2.45, 2.75) is 0 Å². The molecule has 0 spiro atoms. The minimum atomic E-state index is -0.512. The van der Waals surface area contributed by atoms with Gasteiger partial charge in [-0.3, -0.25) is 4.79 Å². The Morgan fingerprint density at radius 3 is 2.38 bits per heavy atom. The smallest absolute Gasteiger partial charge is 0.266 e. The Hall–Kier alpha value is -3.00. The maximum atomic E-state index is 12.2. The van der Waals surface area contributed by atoms with Gasteiger partial charge in [-0.1, -0.05) is 41.4 Å². The van der Waals surface area contributed by atoms with Crippen molar-refractivity contribution in [2.75, 3.05) is 5.32 Å². The van der Waals surface area contributed by atoms with Crippen LogP contribution in [0.3, 0.4) is 0 Å². The third-order valence-electron chi connectivity index (χ3n) is 3.46. The predicted molar refractivity (Wildman–Crippen MR) is 103 cm³/mol. The first-order valence-electron chi connectivity index (χ1n) is 7.59. The average Bonchev–Trinajstić information content (AvgIpc) is 3.08. The SMILES string of the molecule is N#CC(=Cc1ccc(-c2cc(Cl)cc(Cl)c2)o1)C(=O)Nc1ccccc1. The summed E-state index contributed by atoms with van der Waals surface area (Å²) in [5, 5.41) is 12.9. The van der Waals surface area contributed by atoms with Crippen molar-refractivity contribution in [3.05, 3.63) is 82.0 Å². The molecule has 3 aromatic rings. The minimum absolute atomic E-state index is 0.0705. The molecule has 3 rings (SSSR count). The molecule has 1 aromatic heterocycles. The normalized spacial score (nSPS) is 11.0. The summed E-state index contributed by atoms with van der Waals surface area (Å²) in [7, 11) is 0. The van der Waals surface area contributed by atoms with E-state index < -0.39 is 5.91 Å². The minimum Gasteiger partial charge on any atom is -0.457 e. The number of furan rings is 1. The number of hydrogen-bond donors (Lipinski definition) is 1.